The van der Waals surface area contributed by atoms with E-state index in [4.69, 9.17) is 5.26 Å². The Morgan fingerprint density at radius 1 is 0.800 bits per heavy atom. The van der Waals surface area contributed by atoms with Gasteiger partial charge in [-0.1, -0.05) is 6.92 Å². The lowest BCUT2D eigenvalue weighted by Gasteiger charge is -2.52. The van der Waals surface area contributed by atoms with E-state index < -0.39 is 47.0 Å². The first-order valence-corrected chi connectivity index (χ1v) is 22.6. The molecule has 5 amide bonds. The Morgan fingerprint density at radius 3 is 2.08 bits per heavy atom. The number of piperidine rings is 3. The number of halogens is 3. The largest absolute Gasteiger partial charge is 0.417 e. The molecule has 0 spiro atoms. The lowest BCUT2D eigenvalue weighted by Crippen LogP contribution is -2.61. The average Bonchev–Trinajstić information content (AvgIpc) is 3.53. The van der Waals surface area contributed by atoms with E-state index in [0.29, 0.717) is 54.5 Å². The highest BCUT2D eigenvalue weighted by molar-refractivity contribution is 6.23. The first kappa shape index (κ1) is 44.2. The number of carbonyl (C=O) groups is 5. The van der Waals surface area contributed by atoms with Gasteiger partial charge in [-0.15, -0.1) is 0 Å². The van der Waals surface area contributed by atoms with Crippen LogP contribution in [0.4, 0.5) is 36.1 Å². The molecule has 65 heavy (non-hydrogen) atoms. The number of nitrogens with zero attached hydrogens (tertiary/aromatic N) is 8. The zero-order chi connectivity index (χ0) is 45.6. The van der Waals surface area contributed by atoms with Crippen LogP contribution in [0.15, 0.2) is 54.7 Å². The SMILES string of the molecule is CC1(CN2CCN(CC3CCN(c4ccc5c(c4)C(=O)N(C4CCC(=O)NC4=O)C5=O)CC3)CC2)CN(c2ccc(NC(=O)C3CCN(c4ccc(C#N)c(C(F)(F)F)c4)CC3)nc2)C1. The van der Waals surface area contributed by atoms with Crippen molar-refractivity contribution in [2.24, 2.45) is 17.3 Å². The molecule has 0 aliphatic carbocycles. The number of hydrogen-bond donors (Lipinski definition) is 2. The predicted octanol–water partition coefficient (Wildman–Crippen LogP) is 4.59. The van der Waals surface area contributed by atoms with Gasteiger partial charge in [0.15, 0.2) is 0 Å². The molecule has 3 aromatic rings. The summed E-state index contributed by atoms with van der Waals surface area (Å²) in [6, 6.07) is 13.5. The van der Waals surface area contributed by atoms with Crippen molar-refractivity contribution in [3.63, 3.8) is 0 Å². The minimum atomic E-state index is -4.62. The quantitative estimate of drug-likeness (QED) is 0.273. The summed E-state index contributed by atoms with van der Waals surface area (Å²) in [7, 11) is 0. The maximum Gasteiger partial charge on any atom is 0.417 e. The number of anilines is 4. The molecule has 6 aliphatic rings. The smallest absolute Gasteiger partial charge is 0.371 e. The fourth-order valence-electron chi connectivity index (χ4n) is 10.6. The fraction of sp³-hybridized carbons (Fsp3) is 0.511. The van der Waals surface area contributed by atoms with Gasteiger partial charge in [-0.05, 0) is 86.6 Å². The number of rotatable bonds is 10. The average molecular weight is 895 g/mol. The highest BCUT2D eigenvalue weighted by atomic mass is 19.4. The van der Waals surface area contributed by atoms with Crippen LogP contribution in [0, 0.1) is 28.6 Å². The number of carbonyl (C=O) groups excluding carboxylic acids is 5. The van der Waals surface area contributed by atoms with Crippen LogP contribution in [-0.2, 0) is 20.6 Å². The van der Waals surface area contributed by atoms with E-state index in [-0.39, 0.29) is 30.1 Å². The normalized spacial score (nSPS) is 22.4. The van der Waals surface area contributed by atoms with Gasteiger partial charge in [0.2, 0.25) is 17.7 Å². The second-order valence-electron chi connectivity index (χ2n) is 18.8. The molecule has 5 saturated heterocycles. The monoisotopic (exact) mass is 894 g/mol. The lowest BCUT2D eigenvalue weighted by molar-refractivity contribution is -0.138. The van der Waals surface area contributed by atoms with Crippen LogP contribution in [0.3, 0.4) is 0 Å². The third-order valence-corrected chi connectivity index (χ3v) is 14.2. The number of amides is 5. The molecule has 342 valence electrons. The molecule has 6 aliphatic heterocycles. The number of aromatic nitrogens is 1. The Hall–Kier alpha value is -6.06. The first-order valence-electron chi connectivity index (χ1n) is 22.6. The van der Waals surface area contributed by atoms with Crippen LogP contribution < -0.4 is 25.3 Å². The minimum absolute atomic E-state index is 0.0873. The zero-order valence-electron chi connectivity index (χ0n) is 36.4. The Bertz CT molecular complexity index is 2390. The van der Waals surface area contributed by atoms with E-state index in [0.717, 1.165) is 101 Å². The molecular weight excluding hydrogens is 842 g/mol. The van der Waals surface area contributed by atoms with Crippen LogP contribution in [0.2, 0.25) is 0 Å². The number of imide groups is 2. The molecule has 1 atom stereocenters. The molecule has 15 nitrogen and oxygen atoms in total. The number of nitrogens with one attached hydrogen (secondary N) is 2. The van der Waals surface area contributed by atoms with Crippen LogP contribution in [-0.4, -0.2) is 134 Å². The van der Waals surface area contributed by atoms with E-state index in [1.54, 1.807) is 24.4 Å². The van der Waals surface area contributed by atoms with Crippen LogP contribution in [0.1, 0.15) is 77.3 Å². The number of piperazine rings is 1. The Labute approximate surface area is 375 Å². The van der Waals surface area contributed by atoms with E-state index >= 15 is 0 Å². The van der Waals surface area contributed by atoms with Crippen molar-refractivity contribution in [3.05, 3.63) is 77.0 Å². The van der Waals surface area contributed by atoms with Crippen molar-refractivity contribution in [1.82, 2.24) is 25.0 Å². The molecular formula is C47H53F3N10O5. The second kappa shape index (κ2) is 17.7. The van der Waals surface area contributed by atoms with Gasteiger partial charge in [-0.3, -0.25) is 34.2 Å². The molecule has 9 rings (SSSR count). The minimum Gasteiger partial charge on any atom is -0.371 e. The number of alkyl halides is 3. The van der Waals surface area contributed by atoms with Gasteiger partial charge in [-0.25, -0.2) is 4.98 Å². The standard InChI is InChI=1S/C47H53F3N10O5/c1-46(28-59(29-46)35-5-8-40(52-25-35)53-42(62)31-12-16-58(17-13-31)34-3-2-32(24-51)38(23-34)47(48,49)50)27-56-20-18-55(19-21-56)26-30-10-14-57(15-11-30)33-4-6-36-37(22-33)45(65)60(44(36)64)39-7-9-41(61)54-43(39)63/h2-6,8,22-23,25,30-31,39H,7,9-21,26-29H2,1H3,(H,52,53,62)(H,54,61,63). The van der Waals surface area contributed by atoms with E-state index in [1.807, 2.05) is 23.1 Å². The summed E-state index contributed by atoms with van der Waals surface area (Å²) in [5.74, 6) is -1.39. The van der Waals surface area contributed by atoms with Gasteiger partial charge >= 0.3 is 6.18 Å². The summed E-state index contributed by atoms with van der Waals surface area (Å²) in [5.41, 5.74) is 1.69. The first-order chi connectivity index (χ1) is 31.1. The second-order valence-corrected chi connectivity index (χ2v) is 18.8. The molecule has 2 aromatic carbocycles. The van der Waals surface area contributed by atoms with Gasteiger partial charge in [0.1, 0.15) is 11.9 Å². The maximum atomic E-state index is 13.5. The molecule has 18 heteroatoms. The number of fused-ring (bicyclic) bond motifs is 1. The number of hydrogen-bond acceptors (Lipinski definition) is 12. The van der Waals surface area contributed by atoms with Gasteiger partial charge in [0.05, 0.1) is 40.2 Å². The summed E-state index contributed by atoms with van der Waals surface area (Å²) in [5, 5.41) is 14.3. The summed E-state index contributed by atoms with van der Waals surface area (Å²) >= 11 is 0. The zero-order valence-corrected chi connectivity index (χ0v) is 36.4. The lowest BCUT2D eigenvalue weighted by atomic mass is 9.81. The molecule has 0 bridgehead atoms. The molecule has 2 N–H and O–H groups in total. The third-order valence-electron chi connectivity index (χ3n) is 14.2. The number of nitriles is 1. The van der Waals surface area contributed by atoms with Crippen molar-refractivity contribution in [3.8, 4) is 6.07 Å². The summed E-state index contributed by atoms with van der Waals surface area (Å²) in [6.07, 6.45) is 0.419. The van der Waals surface area contributed by atoms with Crippen molar-refractivity contribution in [2.75, 3.05) is 98.6 Å². The van der Waals surface area contributed by atoms with E-state index in [1.165, 1.54) is 12.1 Å². The van der Waals surface area contributed by atoms with Crippen molar-refractivity contribution in [2.45, 2.75) is 57.7 Å². The van der Waals surface area contributed by atoms with Crippen LogP contribution in [0.5, 0.6) is 0 Å². The molecule has 5 fully saturated rings. The highest BCUT2D eigenvalue weighted by Crippen LogP contribution is 2.38. The highest BCUT2D eigenvalue weighted by Gasteiger charge is 2.45. The van der Waals surface area contributed by atoms with Crippen LogP contribution in [0.25, 0.3) is 0 Å². The fourth-order valence-corrected chi connectivity index (χ4v) is 10.6. The van der Waals surface area contributed by atoms with Crippen molar-refractivity contribution >= 4 is 52.4 Å². The van der Waals surface area contributed by atoms with Crippen molar-refractivity contribution < 1.29 is 37.1 Å². The van der Waals surface area contributed by atoms with Gasteiger partial charge in [0, 0.05) is 108 Å². The predicted molar refractivity (Wildman–Crippen MR) is 235 cm³/mol. The summed E-state index contributed by atoms with van der Waals surface area (Å²) in [6.45, 7) is 12.9. The van der Waals surface area contributed by atoms with Gasteiger partial charge in [-0.2, -0.15) is 18.4 Å². The van der Waals surface area contributed by atoms with Gasteiger partial charge < -0.3 is 29.8 Å². The third kappa shape index (κ3) is 9.26. The maximum absolute atomic E-state index is 13.5. The van der Waals surface area contributed by atoms with Crippen LogP contribution >= 0.6 is 0 Å². The number of benzene rings is 2. The molecule has 0 saturated carbocycles. The molecule has 0 radical (unpaired) electrons. The molecule has 1 aromatic heterocycles. The topological polar surface area (TPSA) is 166 Å². The Kier molecular flexibility index (Phi) is 12.0. The summed E-state index contributed by atoms with van der Waals surface area (Å²) < 4.78 is 40.5. The molecule has 1 unspecified atom stereocenters. The number of pyridine rings is 1. The van der Waals surface area contributed by atoms with Crippen molar-refractivity contribution in [1.29, 1.82) is 5.26 Å². The Balaban J connectivity index is 0.674. The van der Waals surface area contributed by atoms with E-state index in [2.05, 4.69) is 42.1 Å². The molecule has 7 heterocycles. The Morgan fingerprint density at radius 2 is 1.43 bits per heavy atom. The van der Waals surface area contributed by atoms with Gasteiger partial charge in [0.25, 0.3) is 11.8 Å². The van der Waals surface area contributed by atoms with E-state index in [9.17, 15) is 37.1 Å². The summed E-state index contributed by atoms with van der Waals surface area (Å²) in [4.78, 5) is 80.8.